The topological polar surface area (TPSA) is 63.3 Å². The summed E-state index contributed by atoms with van der Waals surface area (Å²) in [5.74, 6) is 1.44. The molecule has 21 heavy (non-hydrogen) atoms. The van der Waals surface area contributed by atoms with Crippen molar-refractivity contribution in [3.05, 3.63) is 11.1 Å². The van der Waals surface area contributed by atoms with Gasteiger partial charge in [0.15, 0.2) is 0 Å². The zero-order chi connectivity index (χ0) is 14.8. The molecule has 0 aromatic heterocycles. The molecular weight excluding hydrogens is 262 g/mol. The summed E-state index contributed by atoms with van der Waals surface area (Å²) in [5, 5.41) is 10.1. The number of rotatable bonds is 0. The van der Waals surface area contributed by atoms with Crippen LogP contribution in [0.15, 0.2) is 11.1 Å². The van der Waals surface area contributed by atoms with Crippen molar-refractivity contribution in [2.24, 2.45) is 23.0 Å². The molecule has 3 unspecified atom stereocenters. The van der Waals surface area contributed by atoms with Crippen LogP contribution < -0.4 is 5.73 Å². The van der Waals surface area contributed by atoms with E-state index < -0.39 is 0 Å². The number of hydrogen-bond acceptors (Lipinski definition) is 3. The third-order valence-corrected chi connectivity index (χ3v) is 7.09. The second-order valence-corrected chi connectivity index (χ2v) is 8.31. The molecule has 3 fully saturated rings. The molecule has 0 spiro atoms. The minimum Gasteiger partial charge on any atom is -0.393 e. The van der Waals surface area contributed by atoms with Crippen molar-refractivity contribution < 1.29 is 9.90 Å². The molecule has 5 atom stereocenters. The number of nitrogens with two attached hydrogens (primary N) is 1. The Bertz CT molecular complexity index is 525. The molecule has 4 aliphatic rings. The lowest BCUT2D eigenvalue weighted by Gasteiger charge is -2.54. The van der Waals surface area contributed by atoms with Gasteiger partial charge in [0.05, 0.1) is 6.10 Å². The van der Waals surface area contributed by atoms with E-state index in [1.54, 1.807) is 0 Å². The maximum Gasteiger partial charge on any atom is 0.133 e. The Kier molecular flexibility index (Phi) is 2.94. The normalized spacial score (nSPS) is 49.7. The molecule has 3 heteroatoms. The summed E-state index contributed by atoms with van der Waals surface area (Å²) in [5.41, 5.74) is 9.95. The van der Waals surface area contributed by atoms with Crippen LogP contribution in [0.4, 0.5) is 0 Å². The molecule has 0 amide bonds. The Morgan fingerprint density at radius 1 is 1.14 bits per heavy atom. The molecular formula is C18H27NO2. The average Bonchev–Trinajstić information content (AvgIpc) is 2.73. The van der Waals surface area contributed by atoms with Crippen LogP contribution in [0, 0.1) is 17.3 Å². The number of aliphatic hydroxyl groups excluding tert-OH is 1. The van der Waals surface area contributed by atoms with Crippen molar-refractivity contribution in [2.75, 3.05) is 0 Å². The highest BCUT2D eigenvalue weighted by Crippen LogP contribution is 2.59. The Morgan fingerprint density at radius 3 is 2.76 bits per heavy atom. The second kappa shape index (κ2) is 4.42. The molecule has 4 aliphatic carbocycles. The summed E-state index contributed by atoms with van der Waals surface area (Å²) in [7, 11) is 0. The van der Waals surface area contributed by atoms with Crippen LogP contribution in [0.1, 0.15) is 64.7 Å². The van der Waals surface area contributed by atoms with E-state index in [4.69, 9.17) is 5.73 Å². The highest BCUT2D eigenvalue weighted by atomic mass is 16.3. The van der Waals surface area contributed by atoms with Crippen LogP contribution in [-0.2, 0) is 4.79 Å². The zero-order valence-corrected chi connectivity index (χ0v) is 13.0. The maximum atomic E-state index is 11.8. The highest BCUT2D eigenvalue weighted by molar-refractivity contribution is 5.79. The predicted octanol–water partition coefficient (Wildman–Crippen LogP) is 2.71. The van der Waals surface area contributed by atoms with Gasteiger partial charge in [0.2, 0.25) is 0 Å². The van der Waals surface area contributed by atoms with Gasteiger partial charge in [-0.25, -0.2) is 0 Å². The number of aliphatic hydroxyl groups is 1. The average molecular weight is 289 g/mol. The fourth-order valence-corrected chi connectivity index (χ4v) is 6.05. The zero-order valence-electron chi connectivity index (χ0n) is 13.0. The molecule has 0 aromatic carbocycles. The predicted molar refractivity (Wildman–Crippen MR) is 81.6 cm³/mol. The van der Waals surface area contributed by atoms with E-state index in [0.29, 0.717) is 17.6 Å². The van der Waals surface area contributed by atoms with E-state index in [0.717, 1.165) is 57.8 Å². The highest BCUT2D eigenvalue weighted by Gasteiger charge is 2.55. The molecule has 0 aromatic rings. The van der Waals surface area contributed by atoms with Crippen LogP contribution in [0.25, 0.3) is 0 Å². The van der Waals surface area contributed by atoms with Gasteiger partial charge in [-0.05, 0) is 62.2 Å². The molecule has 4 rings (SSSR count). The molecule has 116 valence electrons. The number of Topliss-reactive ketones (excluding diaryl/α,β-unsaturated/α-hetero) is 1. The van der Waals surface area contributed by atoms with Gasteiger partial charge in [-0.15, -0.1) is 0 Å². The van der Waals surface area contributed by atoms with E-state index in [1.807, 2.05) is 0 Å². The van der Waals surface area contributed by atoms with Crippen molar-refractivity contribution in [3.8, 4) is 0 Å². The van der Waals surface area contributed by atoms with Crippen LogP contribution in [0.3, 0.4) is 0 Å². The maximum absolute atomic E-state index is 11.8. The summed E-state index contributed by atoms with van der Waals surface area (Å²) in [4.78, 5) is 11.8. The van der Waals surface area contributed by atoms with E-state index >= 15 is 0 Å². The molecule has 0 bridgehead atoms. The van der Waals surface area contributed by atoms with Crippen LogP contribution in [-0.4, -0.2) is 22.5 Å². The number of carbonyl (C=O) groups excluding carboxylic acids is 1. The van der Waals surface area contributed by atoms with E-state index in [9.17, 15) is 9.90 Å². The fraction of sp³-hybridized carbons (Fsp3) is 0.833. The van der Waals surface area contributed by atoms with Gasteiger partial charge < -0.3 is 10.8 Å². The SMILES string of the molecule is CC12CC[C@@]3(N)C(=C1CC(O)C2)CC[C@H]1CC(=O)CCC13. The second-order valence-electron chi connectivity index (χ2n) is 8.31. The summed E-state index contributed by atoms with van der Waals surface area (Å²) < 4.78 is 0. The summed E-state index contributed by atoms with van der Waals surface area (Å²) >= 11 is 0. The molecule has 0 aliphatic heterocycles. The Hall–Kier alpha value is -0.670. The van der Waals surface area contributed by atoms with Gasteiger partial charge in [-0.1, -0.05) is 18.1 Å². The lowest BCUT2D eigenvalue weighted by Crippen LogP contribution is -2.58. The molecule has 0 saturated heterocycles. The van der Waals surface area contributed by atoms with Crippen molar-refractivity contribution in [3.63, 3.8) is 0 Å². The minimum atomic E-state index is -0.178. The summed E-state index contributed by atoms with van der Waals surface area (Å²) in [6.45, 7) is 2.32. The first-order chi connectivity index (χ1) is 9.92. The van der Waals surface area contributed by atoms with Gasteiger partial charge in [0.1, 0.15) is 5.78 Å². The first-order valence-electron chi connectivity index (χ1n) is 8.64. The molecule has 3 nitrogen and oxygen atoms in total. The van der Waals surface area contributed by atoms with E-state index in [-0.39, 0.29) is 17.1 Å². The minimum absolute atomic E-state index is 0.175. The summed E-state index contributed by atoms with van der Waals surface area (Å²) in [6, 6.07) is 0. The molecule has 3 N–H and O–H groups in total. The van der Waals surface area contributed by atoms with Crippen LogP contribution in [0.2, 0.25) is 0 Å². The number of ketones is 1. The standard InChI is InChI=1S/C18H27NO2/c1-17-6-7-18(19)14-5-3-12(20)8-11(14)2-4-15(18)16(17)9-13(21)10-17/h11,13-14,21H,2-10,19H2,1H3/t11-,13?,14?,17?,18-/m0/s1. The number of carbonyl (C=O) groups is 1. The first-order valence-corrected chi connectivity index (χ1v) is 8.64. The summed E-state index contributed by atoms with van der Waals surface area (Å²) in [6.07, 6.45) is 8.37. The van der Waals surface area contributed by atoms with Gasteiger partial charge >= 0.3 is 0 Å². The molecule has 3 saturated carbocycles. The monoisotopic (exact) mass is 289 g/mol. The fourth-order valence-electron chi connectivity index (χ4n) is 6.05. The quantitative estimate of drug-likeness (QED) is 0.674. The first kappa shape index (κ1) is 14.0. The van der Waals surface area contributed by atoms with Gasteiger partial charge in [-0.3, -0.25) is 4.79 Å². The molecule has 0 heterocycles. The third-order valence-electron chi connectivity index (χ3n) is 7.09. The Morgan fingerprint density at radius 2 is 1.95 bits per heavy atom. The number of hydrogen-bond donors (Lipinski definition) is 2. The number of fused-ring (bicyclic) bond motifs is 4. The molecule has 0 radical (unpaired) electrons. The van der Waals surface area contributed by atoms with Gasteiger partial charge in [0, 0.05) is 18.4 Å². The largest absolute Gasteiger partial charge is 0.393 e. The lowest BCUT2D eigenvalue weighted by molar-refractivity contribution is -0.124. The lowest BCUT2D eigenvalue weighted by atomic mass is 9.53. The van der Waals surface area contributed by atoms with Crippen molar-refractivity contribution in [2.45, 2.75) is 76.4 Å². The smallest absolute Gasteiger partial charge is 0.133 e. The van der Waals surface area contributed by atoms with Crippen molar-refractivity contribution >= 4 is 5.78 Å². The van der Waals surface area contributed by atoms with Crippen LogP contribution in [0.5, 0.6) is 0 Å². The third kappa shape index (κ3) is 1.90. The van der Waals surface area contributed by atoms with Crippen molar-refractivity contribution in [1.82, 2.24) is 0 Å². The van der Waals surface area contributed by atoms with E-state index in [2.05, 4.69) is 6.92 Å². The Balaban J connectivity index is 1.75. The Labute approximate surface area is 127 Å². The van der Waals surface area contributed by atoms with Crippen LogP contribution >= 0.6 is 0 Å². The van der Waals surface area contributed by atoms with Gasteiger partial charge in [0.25, 0.3) is 0 Å². The van der Waals surface area contributed by atoms with Gasteiger partial charge in [-0.2, -0.15) is 0 Å². The van der Waals surface area contributed by atoms with E-state index in [1.165, 1.54) is 11.1 Å². The van der Waals surface area contributed by atoms with Crippen molar-refractivity contribution in [1.29, 1.82) is 0 Å².